The van der Waals surface area contributed by atoms with Crippen LogP contribution in [0.1, 0.15) is 55.4 Å². The fraction of sp³-hybridized carbons (Fsp3) is 0.733. The zero-order valence-corrected chi connectivity index (χ0v) is 13.5. The number of aryl methyl sites for hydroxylation is 1. The number of rotatable bonds is 4. The van der Waals surface area contributed by atoms with Gasteiger partial charge in [-0.2, -0.15) is 0 Å². The van der Waals surface area contributed by atoms with Gasteiger partial charge in [-0.3, -0.25) is 0 Å². The third kappa shape index (κ3) is 3.32. The number of ether oxygens (including phenoxy) is 1. The molecule has 1 fully saturated rings. The van der Waals surface area contributed by atoms with Crippen molar-refractivity contribution < 1.29 is 9.53 Å². The van der Waals surface area contributed by atoms with Gasteiger partial charge >= 0.3 is 5.97 Å². The lowest BCUT2D eigenvalue weighted by Crippen LogP contribution is -2.34. The van der Waals surface area contributed by atoms with Crippen LogP contribution in [0.3, 0.4) is 0 Å². The van der Waals surface area contributed by atoms with E-state index in [-0.39, 0.29) is 5.97 Å². The minimum absolute atomic E-state index is 0.320. The second-order valence-corrected chi connectivity index (χ2v) is 6.87. The van der Waals surface area contributed by atoms with Gasteiger partial charge in [0, 0.05) is 10.9 Å². The predicted octanol–water partition coefficient (Wildman–Crippen LogP) is 3.86. The Balaban J connectivity index is 2.06. The van der Waals surface area contributed by atoms with Crippen LogP contribution < -0.4 is 5.32 Å². The van der Waals surface area contributed by atoms with E-state index < -0.39 is 0 Å². The SMILES string of the molecule is CCOC(=O)c1nc(NC2CCCC(C)C2C)sc1C. The summed E-state index contributed by atoms with van der Waals surface area (Å²) >= 11 is 1.54. The van der Waals surface area contributed by atoms with E-state index in [2.05, 4.69) is 24.1 Å². The zero-order chi connectivity index (χ0) is 14.7. The van der Waals surface area contributed by atoms with Crippen LogP contribution in [0.4, 0.5) is 5.13 Å². The molecule has 0 aromatic carbocycles. The lowest BCUT2D eigenvalue weighted by atomic mass is 9.78. The molecule has 0 radical (unpaired) electrons. The fourth-order valence-electron chi connectivity index (χ4n) is 2.79. The summed E-state index contributed by atoms with van der Waals surface area (Å²) in [5.41, 5.74) is 0.455. The topological polar surface area (TPSA) is 51.2 Å². The van der Waals surface area contributed by atoms with E-state index in [0.29, 0.717) is 24.3 Å². The molecule has 5 heteroatoms. The van der Waals surface area contributed by atoms with Crippen LogP contribution in [-0.4, -0.2) is 23.6 Å². The first-order chi connectivity index (χ1) is 9.52. The van der Waals surface area contributed by atoms with Crippen LogP contribution in [0.2, 0.25) is 0 Å². The molecular weight excluding hydrogens is 272 g/mol. The summed E-state index contributed by atoms with van der Waals surface area (Å²) in [4.78, 5) is 17.1. The minimum atomic E-state index is -0.320. The quantitative estimate of drug-likeness (QED) is 0.857. The Labute approximate surface area is 124 Å². The van der Waals surface area contributed by atoms with Crippen molar-refractivity contribution in [3.05, 3.63) is 10.6 Å². The van der Waals surface area contributed by atoms with Crippen molar-refractivity contribution in [3.63, 3.8) is 0 Å². The molecule has 1 aliphatic rings. The molecule has 0 bridgehead atoms. The summed E-state index contributed by atoms with van der Waals surface area (Å²) in [5.74, 6) is 1.06. The number of esters is 1. The Hall–Kier alpha value is -1.10. The molecule has 1 aliphatic carbocycles. The molecule has 2 rings (SSSR count). The number of anilines is 1. The van der Waals surface area contributed by atoms with Gasteiger partial charge in [0.1, 0.15) is 0 Å². The van der Waals surface area contributed by atoms with Crippen LogP contribution >= 0.6 is 11.3 Å². The van der Waals surface area contributed by atoms with Crippen LogP contribution in [0, 0.1) is 18.8 Å². The van der Waals surface area contributed by atoms with Gasteiger partial charge in [-0.15, -0.1) is 11.3 Å². The van der Waals surface area contributed by atoms with Gasteiger partial charge in [0.2, 0.25) is 0 Å². The van der Waals surface area contributed by atoms with E-state index in [1.165, 1.54) is 19.3 Å². The Morgan fingerprint density at radius 1 is 1.45 bits per heavy atom. The number of aromatic nitrogens is 1. The molecule has 3 unspecified atom stereocenters. The predicted molar refractivity (Wildman–Crippen MR) is 82.4 cm³/mol. The maximum Gasteiger partial charge on any atom is 0.358 e. The summed E-state index contributed by atoms with van der Waals surface area (Å²) < 4.78 is 5.03. The number of nitrogens with zero attached hydrogens (tertiary/aromatic N) is 1. The second-order valence-electron chi connectivity index (χ2n) is 5.66. The van der Waals surface area contributed by atoms with Gasteiger partial charge in [-0.05, 0) is 32.1 Å². The van der Waals surface area contributed by atoms with E-state index in [9.17, 15) is 4.79 Å². The first-order valence-corrected chi connectivity index (χ1v) is 8.25. The summed E-state index contributed by atoms with van der Waals surface area (Å²) in [5, 5.41) is 4.36. The highest BCUT2D eigenvalue weighted by molar-refractivity contribution is 7.15. The molecule has 1 heterocycles. The third-order valence-corrected chi connectivity index (χ3v) is 5.18. The molecule has 1 aromatic heterocycles. The van der Waals surface area contributed by atoms with Crippen molar-refractivity contribution in [3.8, 4) is 0 Å². The highest BCUT2D eigenvalue weighted by Crippen LogP contribution is 2.33. The molecule has 0 aliphatic heterocycles. The van der Waals surface area contributed by atoms with Gasteiger partial charge in [0.05, 0.1) is 6.61 Å². The molecule has 20 heavy (non-hydrogen) atoms. The Kier molecular flexibility index (Phi) is 5.02. The second kappa shape index (κ2) is 6.57. The van der Waals surface area contributed by atoms with Crippen molar-refractivity contribution in [1.29, 1.82) is 0 Å². The maximum atomic E-state index is 11.8. The number of carbonyl (C=O) groups is 1. The molecule has 0 amide bonds. The Morgan fingerprint density at radius 3 is 2.90 bits per heavy atom. The molecule has 1 N–H and O–H groups in total. The standard InChI is InChI=1S/C15H24N2O2S/c1-5-19-14(18)13-11(4)20-15(17-13)16-12-8-6-7-9(2)10(12)3/h9-10,12H,5-8H2,1-4H3,(H,16,17). The normalized spacial score (nSPS) is 26.3. The van der Waals surface area contributed by atoms with Crippen LogP contribution in [-0.2, 0) is 4.74 Å². The lowest BCUT2D eigenvalue weighted by Gasteiger charge is -2.34. The summed E-state index contributed by atoms with van der Waals surface area (Å²) in [6.45, 7) is 8.73. The van der Waals surface area contributed by atoms with E-state index in [0.717, 1.165) is 15.9 Å². The lowest BCUT2D eigenvalue weighted by molar-refractivity contribution is 0.0519. The van der Waals surface area contributed by atoms with Gasteiger partial charge in [-0.25, -0.2) is 9.78 Å². The number of thiazole rings is 1. The summed E-state index contributed by atoms with van der Waals surface area (Å²) in [7, 11) is 0. The van der Waals surface area contributed by atoms with Crippen molar-refractivity contribution in [2.75, 3.05) is 11.9 Å². The smallest absolute Gasteiger partial charge is 0.358 e. The summed E-state index contributed by atoms with van der Waals surface area (Å²) in [6.07, 6.45) is 3.75. The van der Waals surface area contributed by atoms with Gasteiger partial charge in [0.25, 0.3) is 0 Å². The molecular formula is C15H24N2O2S. The maximum absolute atomic E-state index is 11.8. The van der Waals surface area contributed by atoms with E-state index >= 15 is 0 Å². The number of nitrogens with one attached hydrogen (secondary N) is 1. The van der Waals surface area contributed by atoms with E-state index in [1.54, 1.807) is 11.3 Å². The fourth-order valence-corrected chi connectivity index (χ4v) is 3.65. The molecule has 112 valence electrons. The van der Waals surface area contributed by atoms with Crippen molar-refractivity contribution in [1.82, 2.24) is 4.98 Å². The van der Waals surface area contributed by atoms with Crippen LogP contribution in [0.5, 0.6) is 0 Å². The van der Waals surface area contributed by atoms with Crippen molar-refractivity contribution in [2.24, 2.45) is 11.8 Å². The monoisotopic (exact) mass is 296 g/mol. The Morgan fingerprint density at radius 2 is 2.20 bits per heavy atom. The third-order valence-electron chi connectivity index (χ3n) is 4.28. The Bertz CT molecular complexity index is 472. The number of carbonyl (C=O) groups excluding carboxylic acids is 1. The first kappa shape index (κ1) is 15.3. The van der Waals surface area contributed by atoms with Gasteiger partial charge in [-0.1, -0.05) is 26.7 Å². The summed E-state index contributed by atoms with van der Waals surface area (Å²) in [6, 6.07) is 0.458. The van der Waals surface area contributed by atoms with E-state index in [1.807, 2.05) is 13.8 Å². The molecule has 0 saturated heterocycles. The van der Waals surface area contributed by atoms with Crippen molar-refractivity contribution >= 4 is 22.4 Å². The molecule has 1 saturated carbocycles. The van der Waals surface area contributed by atoms with Crippen molar-refractivity contribution in [2.45, 2.75) is 53.0 Å². The zero-order valence-electron chi connectivity index (χ0n) is 12.7. The molecule has 4 nitrogen and oxygen atoms in total. The highest BCUT2D eigenvalue weighted by Gasteiger charge is 2.28. The first-order valence-electron chi connectivity index (χ1n) is 7.44. The minimum Gasteiger partial charge on any atom is -0.461 e. The molecule has 1 aromatic rings. The highest BCUT2D eigenvalue weighted by atomic mass is 32.1. The number of hydrogen-bond donors (Lipinski definition) is 1. The molecule has 3 atom stereocenters. The number of hydrogen-bond acceptors (Lipinski definition) is 5. The average molecular weight is 296 g/mol. The molecule has 0 spiro atoms. The largest absolute Gasteiger partial charge is 0.461 e. The van der Waals surface area contributed by atoms with Gasteiger partial charge in [0.15, 0.2) is 10.8 Å². The van der Waals surface area contributed by atoms with Crippen LogP contribution in [0.15, 0.2) is 0 Å². The van der Waals surface area contributed by atoms with Gasteiger partial charge < -0.3 is 10.1 Å². The van der Waals surface area contributed by atoms with E-state index in [4.69, 9.17) is 4.74 Å². The average Bonchev–Trinajstić information content (AvgIpc) is 2.76. The van der Waals surface area contributed by atoms with Crippen LogP contribution in [0.25, 0.3) is 0 Å².